The van der Waals surface area contributed by atoms with Crippen LogP contribution in [0.1, 0.15) is 10.4 Å². The lowest BCUT2D eigenvalue weighted by molar-refractivity contribution is 0.0959. The molecule has 3 aromatic rings. The predicted octanol–water partition coefficient (Wildman–Crippen LogP) is 1.96. The number of anilines is 4. The number of para-hydroxylation sites is 1. The van der Waals surface area contributed by atoms with Gasteiger partial charge >= 0.3 is 0 Å². The van der Waals surface area contributed by atoms with Crippen molar-refractivity contribution >= 4 is 28.9 Å². The molecule has 9 heteroatoms. The second-order valence-corrected chi connectivity index (χ2v) is 5.13. The third-order valence-electron chi connectivity index (χ3n) is 3.45. The number of pyridine rings is 1. The first-order chi connectivity index (χ1) is 12.7. The van der Waals surface area contributed by atoms with Crippen LogP contribution in [-0.2, 0) is 0 Å². The Balaban J connectivity index is 1.72. The highest BCUT2D eigenvalue weighted by Gasteiger charge is 2.13. The fraction of sp³-hybridized carbons (Fsp3) is 0.0588. The number of amides is 1. The largest absolute Gasteiger partial charge is 0.496 e. The van der Waals surface area contributed by atoms with Crippen LogP contribution in [0.3, 0.4) is 0 Å². The van der Waals surface area contributed by atoms with Crippen molar-refractivity contribution in [3.05, 3.63) is 60.7 Å². The molecule has 0 bridgehead atoms. The number of hydrazine groups is 1. The number of methoxy groups -OCH3 is 1. The molecule has 0 saturated heterocycles. The van der Waals surface area contributed by atoms with Gasteiger partial charge in [-0.3, -0.25) is 20.6 Å². The SMILES string of the molecule is COc1ccccc1C(=O)NNc1ncnc(Nc2cccnc2)c1N. The zero-order valence-corrected chi connectivity index (χ0v) is 13.9. The third kappa shape index (κ3) is 3.78. The average molecular weight is 351 g/mol. The van der Waals surface area contributed by atoms with Gasteiger partial charge in [0.2, 0.25) is 0 Å². The lowest BCUT2D eigenvalue weighted by Gasteiger charge is -2.13. The number of rotatable bonds is 6. The first-order valence-electron chi connectivity index (χ1n) is 7.66. The topological polar surface area (TPSA) is 127 Å². The van der Waals surface area contributed by atoms with E-state index in [1.54, 1.807) is 42.7 Å². The molecule has 3 rings (SSSR count). The fourth-order valence-corrected chi connectivity index (χ4v) is 2.18. The van der Waals surface area contributed by atoms with E-state index >= 15 is 0 Å². The van der Waals surface area contributed by atoms with Gasteiger partial charge in [0.15, 0.2) is 11.6 Å². The van der Waals surface area contributed by atoms with Crippen LogP contribution in [0, 0.1) is 0 Å². The standard InChI is InChI=1S/C17H17N7O2/c1-26-13-7-3-2-6-12(13)17(25)24-23-16-14(18)15(20-10-21-16)22-11-5-4-8-19-9-11/h2-10H,18H2,1H3,(H,24,25)(H2,20,21,22,23). The summed E-state index contributed by atoms with van der Waals surface area (Å²) in [4.78, 5) is 24.5. The molecule has 26 heavy (non-hydrogen) atoms. The number of carbonyl (C=O) groups excluding carboxylic acids is 1. The normalized spacial score (nSPS) is 10.0. The maximum atomic E-state index is 12.3. The predicted molar refractivity (Wildman–Crippen MR) is 98.0 cm³/mol. The second-order valence-electron chi connectivity index (χ2n) is 5.13. The molecular weight excluding hydrogens is 334 g/mol. The third-order valence-corrected chi connectivity index (χ3v) is 3.45. The van der Waals surface area contributed by atoms with E-state index in [1.807, 2.05) is 6.07 Å². The Hall–Kier alpha value is -3.88. The molecule has 0 fully saturated rings. The summed E-state index contributed by atoms with van der Waals surface area (Å²) in [5, 5.41) is 3.04. The van der Waals surface area contributed by atoms with Crippen LogP contribution < -0.4 is 26.6 Å². The number of benzene rings is 1. The lowest BCUT2D eigenvalue weighted by Crippen LogP contribution is -2.30. The Kier molecular flexibility index (Phi) is 5.08. The van der Waals surface area contributed by atoms with Gasteiger partial charge in [-0.05, 0) is 24.3 Å². The number of nitrogens with two attached hydrogens (primary N) is 1. The maximum absolute atomic E-state index is 12.3. The summed E-state index contributed by atoms with van der Waals surface area (Å²) in [6.45, 7) is 0. The quantitative estimate of drug-likeness (QED) is 0.496. The smallest absolute Gasteiger partial charge is 0.273 e. The molecule has 0 spiro atoms. The van der Waals surface area contributed by atoms with E-state index in [4.69, 9.17) is 10.5 Å². The van der Waals surface area contributed by atoms with E-state index in [-0.39, 0.29) is 17.4 Å². The number of nitrogen functional groups attached to an aromatic ring is 1. The summed E-state index contributed by atoms with van der Waals surface area (Å²) in [7, 11) is 1.50. The van der Waals surface area contributed by atoms with Gasteiger partial charge in [-0.15, -0.1) is 0 Å². The molecule has 2 heterocycles. The van der Waals surface area contributed by atoms with Gasteiger partial charge in [0.25, 0.3) is 5.91 Å². The molecule has 5 N–H and O–H groups in total. The van der Waals surface area contributed by atoms with Gasteiger partial charge in [-0.2, -0.15) is 0 Å². The van der Waals surface area contributed by atoms with Gasteiger partial charge in [-0.1, -0.05) is 12.1 Å². The molecule has 9 nitrogen and oxygen atoms in total. The molecule has 1 aromatic carbocycles. The first-order valence-corrected chi connectivity index (χ1v) is 7.66. The van der Waals surface area contributed by atoms with Gasteiger partial charge in [0.1, 0.15) is 17.8 Å². The maximum Gasteiger partial charge on any atom is 0.273 e. The lowest BCUT2D eigenvalue weighted by atomic mass is 10.2. The molecule has 1 amide bonds. The van der Waals surface area contributed by atoms with Crippen molar-refractivity contribution < 1.29 is 9.53 Å². The van der Waals surface area contributed by atoms with Crippen molar-refractivity contribution in [3.8, 4) is 5.75 Å². The molecule has 2 aromatic heterocycles. The molecule has 0 aliphatic carbocycles. The summed E-state index contributed by atoms with van der Waals surface area (Å²) in [5.41, 5.74) is 12.7. The second kappa shape index (κ2) is 7.79. The van der Waals surface area contributed by atoms with E-state index < -0.39 is 0 Å². The molecule has 0 aliphatic heterocycles. The molecule has 0 radical (unpaired) electrons. The minimum absolute atomic E-state index is 0.247. The number of carbonyl (C=O) groups is 1. The van der Waals surface area contributed by atoms with Crippen LogP contribution in [0.5, 0.6) is 5.75 Å². The van der Waals surface area contributed by atoms with Gasteiger partial charge in [-0.25, -0.2) is 9.97 Å². The Bertz CT molecular complexity index is 903. The number of hydrogen-bond donors (Lipinski definition) is 4. The summed E-state index contributed by atoms with van der Waals surface area (Å²) >= 11 is 0. The Morgan fingerprint density at radius 2 is 1.92 bits per heavy atom. The minimum Gasteiger partial charge on any atom is -0.496 e. The van der Waals surface area contributed by atoms with Crippen molar-refractivity contribution in [3.63, 3.8) is 0 Å². The average Bonchev–Trinajstić information content (AvgIpc) is 2.69. The summed E-state index contributed by atoms with van der Waals surface area (Å²) in [6.07, 6.45) is 4.62. The zero-order chi connectivity index (χ0) is 18.4. The molecule has 0 unspecified atom stereocenters. The van der Waals surface area contributed by atoms with Crippen LogP contribution in [-0.4, -0.2) is 28.0 Å². The number of nitrogens with zero attached hydrogens (tertiary/aromatic N) is 3. The Morgan fingerprint density at radius 1 is 1.12 bits per heavy atom. The fourth-order valence-electron chi connectivity index (χ4n) is 2.18. The summed E-state index contributed by atoms with van der Waals surface area (Å²) in [6, 6.07) is 10.5. The van der Waals surface area contributed by atoms with Crippen LogP contribution >= 0.6 is 0 Å². The molecule has 0 saturated carbocycles. The van der Waals surface area contributed by atoms with Crippen LogP contribution in [0.25, 0.3) is 0 Å². The number of ether oxygens (including phenoxy) is 1. The Morgan fingerprint density at radius 3 is 2.69 bits per heavy atom. The number of hydrogen-bond acceptors (Lipinski definition) is 8. The van der Waals surface area contributed by atoms with Crippen molar-refractivity contribution in [1.29, 1.82) is 0 Å². The Labute approximate surface area is 149 Å². The van der Waals surface area contributed by atoms with Crippen molar-refractivity contribution in [2.75, 3.05) is 23.6 Å². The van der Waals surface area contributed by atoms with Crippen LogP contribution in [0.2, 0.25) is 0 Å². The van der Waals surface area contributed by atoms with Crippen LogP contribution in [0.15, 0.2) is 55.1 Å². The van der Waals surface area contributed by atoms with E-state index in [1.165, 1.54) is 13.4 Å². The van der Waals surface area contributed by atoms with Crippen molar-refractivity contribution in [2.24, 2.45) is 0 Å². The van der Waals surface area contributed by atoms with Gasteiger partial charge < -0.3 is 15.8 Å². The van der Waals surface area contributed by atoms with E-state index in [0.717, 1.165) is 5.69 Å². The molecule has 0 aliphatic rings. The molecular formula is C17H17N7O2. The number of aromatic nitrogens is 3. The van der Waals surface area contributed by atoms with Crippen molar-refractivity contribution in [1.82, 2.24) is 20.4 Å². The van der Waals surface area contributed by atoms with E-state index in [2.05, 4.69) is 31.1 Å². The van der Waals surface area contributed by atoms with E-state index in [9.17, 15) is 4.79 Å². The highest BCUT2D eigenvalue weighted by molar-refractivity contribution is 5.97. The highest BCUT2D eigenvalue weighted by Crippen LogP contribution is 2.25. The van der Waals surface area contributed by atoms with Gasteiger partial charge in [0, 0.05) is 6.20 Å². The summed E-state index contributed by atoms with van der Waals surface area (Å²) in [5.74, 6) is 0.723. The zero-order valence-electron chi connectivity index (χ0n) is 13.9. The highest BCUT2D eigenvalue weighted by atomic mass is 16.5. The summed E-state index contributed by atoms with van der Waals surface area (Å²) < 4.78 is 5.17. The van der Waals surface area contributed by atoms with Gasteiger partial charge in [0.05, 0.1) is 24.6 Å². The molecule has 132 valence electrons. The van der Waals surface area contributed by atoms with Crippen molar-refractivity contribution in [2.45, 2.75) is 0 Å². The monoisotopic (exact) mass is 351 g/mol. The number of nitrogens with one attached hydrogen (secondary N) is 3. The van der Waals surface area contributed by atoms with E-state index in [0.29, 0.717) is 17.1 Å². The molecule has 0 atom stereocenters. The minimum atomic E-state index is -0.387. The van der Waals surface area contributed by atoms with Crippen LogP contribution in [0.4, 0.5) is 23.0 Å². The first kappa shape index (κ1) is 17.0.